The molecule has 3 heteroatoms. The van der Waals surface area contributed by atoms with Crippen molar-refractivity contribution in [3.8, 4) is 0 Å². The molecule has 2 rings (SSSR count). The van der Waals surface area contributed by atoms with Crippen LogP contribution in [0.1, 0.15) is 31.2 Å². The number of hydrogen-bond acceptors (Lipinski definition) is 2. The smallest absolute Gasteiger partial charge is 0.110 e. The number of hydrogen-bond donors (Lipinski definition) is 1. The van der Waals surface area contributed by atoms with E-state index in [9.17, 15) is 0 Å². The summed E-state index contributed by atoms with van der Waals surface area (Å²) in [6.45, 7) is 5.41. The Kier molecular flexibility index (Phi) is 3.48. The molecule has 1 heterocycles. The van der Waals surface area contributed by atoms with Crippen molar-refractivity contribution >= 4 is 11.0 Å². The lowest BCUT2D eigenvalue weighted by atomic mass is 10.0. The van der Waals surface area contributed by atoms with Crippen LogP contribution in [0.2, 0.25) is 0 Å². The first-order valence-corrected chi connectivity index (χ1v) is 6.23. The molecule has 0 bridgehead atoms. The van der Waals surface area contributed by atoms with Crippen LogP contribution in [0.25, 0.3) is 11.0 Å². The summed E-state index contributed by atoms with van der Waals surface area (Å²) >= 11 is 0. The Balaban J connectivity index is 2.43. The van der Waals surface area contributed by atoms with E-state index in [1.807, 2.05) is 7.05 Å². The maximum absolute atomic E-state index is 4.67. The molecule has 0 fully saturated rings. The second-order valence-electron chi connectivity index (χ2n) is 4.84. The third-order valence-electron chi connectivity index (χ3n) is 3.26. The molecular formula is C14H21N3. The predicted octanol–water partition coefficient (Wildman–Crippen LogP) is 2.46. The van der Waals surface area contributed by atoms with Gasteiger partial charge in [0.25, 0.3) is 0 Å². The first-order valence-electron chi connectivity index (χ1n) is 6.23. The van der Waals surface area contributed by atoms with Crippen molar-refractivity contribution in [3.05, 3.63) is 29.6 Å². The number of rotatable bonds is 4. The van der Waals surface area contributed by atoms with Gasteiger partial charge in [0.1, 0.15) is 5.82 Å². The second kappa shape index (κ2) is 4.88. The van der Waals surface area contributed by atoms with Crippen molar-refractivity contribution in [2.45, 2.75) is 26.2 Å². The van der Waals surface area contributed by atoms with Gasteiger partial charge in [-0.3, -0.25) is 0 Å². The highest BCUT2D eigenvalue weighted by molar-refractivity contribution is 5.77. The van der Waals surface area contributed by atoms with E-state index in [-0.39, 0.29) is 0 Å². The van der Waals surface area contributed by atoms with Crippen LogP contribution in [0.5, 0.6) is 0 Å². The van der Waals surface area contributed by atoms with Gasteiger partial charge in [-0.05, 0) is 30.7 Å². The molecule has 0 saturated heterocycles. The maximum Gasteiger partial charge on any atom is 0.110 e. The van der Waals surface area contributed by atoms with Crippen molar-refractivity contribution in [1.29, 1.82) is 0 Å². The molecule has 0 aliphatic heterocycles. The van der Waals surface area contributed by atoms with Gasteiger partial charge in [-0.1, -0.05) is 19.9 Å². The van der Waals surface area contributed by atoms with Gasteiger partial charge < -0.3 is 9.88 Å². The molecule has 2 aromatic rings. The Bertz CT molecular complexity index is 511. The minimum absolute atomic E-state index is 0.565. The summed E-state index contributed by atoms with van der Waals surface area (Å²) in [5, 5.41) is 3.16. The van der Waals surface area contributed by atoms with E-state index in [1.54, 1.807) is 0 Å². The standard InChI is InChI=1S/C14H21N3/c1-10(2)11-5-6-12-13(9-11)17(4)14(16-12)7-8-15-3/h5-6,9-10,15H,7-8H2,1-4H3. The average Bonchev–Trinajstić information content (AvgIpc) is 2.63. The molecule has 17 heavy (non-hydrogen) atoms. The molecule has 0 aliphatic rings. The zero-order chi connectivity index (χ0) is 12.4. The van der Waals surface area contributed by atoms with Crippen molar-refractivity contribution in [2.24, 2.45) is 7.05 Å². The SMILES string of the molecule is CNCCc1nc2ccc(C(C)C)cc2n1C. The van der Waals surface area contributed by atoms with E-state index in [2.05, 4.69) is 54.0 Å². The monoisotopic (exact) mass is 231 g/mol. The zero-order valence-electron chi connectivity index (χ0n) is 11.1. The maximum atomic E-state index is 4.67. The fraction of sp³-hybridized carbons (Fsp3) is 0.500. The van der Waals surface area contributed by atoms with Gasteiger partial charge in [-0.15, -0.1) is 0 Å². The normalized spacial score (nSPS) is 11.6. The molecule has 0 spiro atoms. The molecule has 0 aliphatic carbocycles. The van der Waals surface area contributed by atoms with E-state index in [4.69, 9.17) is 0 Å². The fourth-order valence-corrected chi connectivity index (χ4v) is 2.08. The Morgan fingerprint density at radius 1 is 1.35 bits per heavy atom. The molecule has 0 radical (unpaired) electrons. The third kappa shape index (κ3) is 2.34. The van der Waals surface area contributed by atoms with Gasteiger partial charge in [-0.2, -0.15) is 0 Å². The van der Waals surface area contributed by atoms with Crippen LogP contribution >= 0.6 is 0 Å². The van der Waals surface area contributed by atoms with Crippen molar-refractivity contribution in [2.75, 3.05) is 13.6 Å². The lowest BCUT2D eigenvalue weighted by molar-refractivity contribution is 0.725. The van der Waals surface area contributed by atoms with Crippen LogP contribution in [-0.2, 0) is 13.5 Å². The van der Waals surface area contributed by atoms with Crippen LogP contribution in [0.15, 0.2) is 18.2 Å². The largest absolute Gasteiger partial charge is 0.331 e. The molecule has 0 saturated carbocycles. The predicted molar refractivity (Wildman–Crippen MR) is 72.4 cm³/mol. The molecule has 3 nitrogen and oxygen atoms in total. The number of nitrogens with one attached hydrogen (secondary N) is 1. The van der Waals surface area contributed by atoms with Gasteiger partial charge in [0.15, 0.2) is 0 Å². The summed E-state index contributed by atoms with van der Waals surface area (Å²) in [7, 11) is 4.07. The molecule has 0 amide bonds. The van der Waals surface area contributed by atoms with Gasteiger partial charge in [0.2, 0.25) is 0 Å². The number of likely N-dealkylation sites (N-methyl/N-ethyl adjacent to an activating group) is 1. The van der Waals surface area contributed by atoms with Crippen LogP contribution in [0, 0.1) is 0 Å². The molecular weight excluding hydrogens is 210 g/mol. The number of imidazole rings is 1. The minimum Gasteiger partial charge on any atom is -0.331 e. The number of benzene rings is 1. The lowest BCUT2D eigenvalue weighted by Gasteiger charge is -2.06. The number of fused-ring (bicyclic) bond motifs is 1. The van der Waals surface area contributed by atoms with Crippen LogP contribution in [0.3, 0.4) is 0 Å². The molecule has 1 aromatic heterocycles. The summed E-state index contributed by atoms with van der Waals surface area (Å²) in [5.74, 6) is 1.71. The topological polar surface area (TPSA) is 29.9 Å². The molecule has 0 atom stereocenters. The van der Waals surface area contributed by atoms with Gasteiger partial charge in [0, 0.05) is 20.0 Å². The second-order valence-corrected chi connectivity index (χ2v) is 4.84. The highest BCUT2D eigenvalue weighted by atomic mass is 15.1. The van der Waals surface area contributed by atoms with Crippen LogP contribution in [0.4, 0.5) is 0 Å². The molecule has 1 aromatic carbocycles. The Morgan fingerprint density at radius 3 is 2.76 bits per heavy atom. The zero-order valence-corrected chi connectivity index (χ0v) is 11.1. The average molecular weight is 231 g/mol. The number of aryl methyl sites for hydroxylation is 1. The summed E-state index contributed by atoms with van der Waals surface area (Å²) in [4.78, 5) is 4.67. The number of aromatic nitrogens is 2. The van der Waals surface area contributed by atoms with Gasteiger partial charge in [0.05, 0.1) is 11.0 Å². The van der Waals surface area contributed by atoms with Crippen molar-refractivity contribution in [3.63, 3.8) is 0 Å². The van der Waals surface area contributed by atoms with E-state index in [0.717, 1.165) is 24.3 Å². The molecule has 92 valence electrons. The Hall–Kier alpha value is -1.35. The summed E-state index contributed by atoms with van der Waals surface area (Å²) in [5.41, 5.74) is 3.71. The Morgan fingerprint density at radius 2 is 2.12 bits per heavy atom. The van der Waals surface area contributed by atoms with Crippen LogP contribution in [-0.4, -0.2) is 23.1 Å². The van der Waals surface area contributed by atoms with Crippen molar-refractivity contribution < 1.29 is 0 Å². The van der Waals surface area contributed by atoms with Gasteiger partial charge in [-0.25, -0.2) is 4.98 Å². The summed E-state index contributed by atoms with van der Waals surface area (Å²) in [6.07, 6.45) is 0.971. The quantitative estimate of drug-likeness (QED) is 0.876. The van der Waals surface area contributed by atoms with Crippen molar-refractivity contribution in [1.82, 2.24) is 14.9 Å². The van der Waals surface area contributed by atoms with E-state index < -0.39 is 0 Å². The number of nitrogens with zero attached hydrogens (tertiary/aromatic N) is 2. The van der Waals surface area contributed by atoms with Gasteiger partial charge >= 0.3 is 0 Å². The summed E-state index contributed by atoms with van der Waals surface area (Å²) in [6, 6.07) is 6.57. The highest BCUT2D eigenvalue weighted by Gasteiger charge is 2.08. The van der Waals surface area contributed by atoms with E-state index in [0.29, 0.717) is 5.92 Å². The summed E-state index contributed by atoms with van der Waals surface area (Å²) < 4.78 is 2.21. The van der Waals surface area contributed by atoms with E-state index >= 15 is 0 Å². The molecule has 0 unspecified atom stereocenters. The van der Waals surface area contributed by atoms with Crippen LogP contribution < -0.4 is 5.32 Å². The first-order chi connectivity index (χ1) is 8.13. The first kappa shape index (κ1) is 12.1. The lowest BCUT2D eigenvalue weighted by Crippen LogP contribution is -2.12. The molecule has 1 N–H and O–H groups in total. The minimum atomic E-state index is 0.565. The highest BCUT2D eigenvalue weighted by Crippen LogP contribution is 2.21. The fourth-order valence-electron chi connectivity index (χ4n) is 2.08. The third-order valence-corrected chi connectivity index (χ3v) is 3.26. The Labute approximate surface area is 103 Å². The van der Waals surface area contributed by atoms with E-state index in [1.165, 1.54) is 11.1 Å².